The zero-order valence-corrected chi connectivity index (χ0v) is 12.9. The van der Waals surface area contributed by atoms with Crippen LogP contribution < -0.4 is 5.73 Å². The zero-order chi connectivity index (χ0) is 12.7. The molecule has 0 aromatic heterocycles. The molecule has 2 nitrogen and oxygen atoms in total. The van der Waals surface area contributed by atoms with E-state index < -0.39 is 8.32 Å². The maximum atomic E-state index is 6.11. The van der Waals surface area contributed by atoms with E-state index in [1.807, 2.05) is 0 Å². The summed E-state index contributed by atoms with van der Waals surface area (Å²) in [7, 11) is -1.50. The van der Waals surface area contributed by atoms with Crippen LogP contribution in [0.3, 0.4) is 0 Å². The van der Waals surface area contributed by atoms with Crippen LogP contribution in [0.2, 0.25) is 18.1 Å². The molecular formula is C13H31NOSi. The largest absolute Gasteiger partial charge is 0.417 e. The van der Waals surface area contributed by atoms with Gasteiger partial charge in [0.1, 0.15) is 0 Å². The molecule has 0 radical (unpaired) electrons. The predicted molar refractivity (Wildman–Crippen MR) is 75.3 cm³/mol. The molecule has 0 fully saturated rings. The Hall–Kier alpha value is 0.137. The van der Waals surface area contributed by atoms with Crippen molar-refractivity contribution in [1.82, 2.24) is 0 Å². The number of nitrogens with two attached hydrogens (primary N) is 1. The molecule has 0 heterocycles. The molecule has 0 aliphatic heterocycles. The lowest BCUT2D eigenvalue weighted by molar-refractivity contribution is 0.277. The number of hydrogen-bond donors (Lipinski definition) is 1. The summed E-state index contributed by atoms with van der Waals surface area (Å²) in [6.07, 6.45) is 6.24. The molecular weight excluding hydrogens is 214 g/mol. The molecule has 0 unspecified atom stereocenters. The summed E-state index contributed by atoms with van der Waals surface area (Å²) in [4.78, 5) is 0. The molecule has 2 N–H and O–H groups in total. The molecule has 0 aromatic carbocycles. The van der Waals surface area contributed by atoms with Crippen molar-refractivity contribution in [3.63, 3.8) is 0 Å². The second-order valence-corrected chi connectivity index (χ2v) is 11.0. The Labute approximate surface area is 103 Å². The Morgan fingerprint density at radius 2 is 1.44 bits per heavy atom. The molecule has 0 atom stereocenters. The Bertz CT molecular complexity index is 175. The van der Waals surface area contributed by atoms with E-state index in [1.165, 1.54) is 32.1 Å². The van der Waals surface area contributed by atoms with E-state index in [0.717, 1.165) is 13.2 Å². The Morgan fingerprint density at radius 1 is 0.938 bits per heavy atom. The lowest BCUT2D eigenvalue weighted by Gasteiger charge is -2.36. The maximum Gasteiger partial charge on any atom is 0.191 e. The van der Waals surface area contributed by atoms with Gasteiger partial charge in [0, 0.05) is 6.61 Å². The highest BCUT2D eigenvalue weighted by molar-refractivity contribution is 6.74. The van der Waals surface area contributed by atoms with E-state index in [9.17, 15) is 0 Å². The van der Waals surface area contributed by atoms with Crippen LogP contribution in [0.4, 0.5) is 0 Å². The second kappa shape index (κ2) is 7.46. The van der Waals surface area contributed by atoms with Crippen LogP contribution in [-0.2, 0) is 4.43 Å². The van der Waals surface area contributed by atoms with Crippen LogP contribution in [-0.4, -0.2) is 21.5 Å². The highest BCUT2D eigenvalue weighted by atomic mass is 28.4. The van der Waals surface area contributed by atoms with Crippen LogP contribution in [0.1, 0.15) is 52.9 Å². The fourth-order valence-corrected chi connectivity index (χ4v) is 2.41. The summed E-state index contributed by atoms with van der Waals surface area (Å²) in [5, 5.41) is 0.340. The van der Waals surface area contributed by atoms with Crippen molar-refractivity contribution in [3.8, 4) is 0 Å². The quantitative estimate of drug-likeness (QED) is 0.520. The lowest BCUT2D eigenvalue weighted by atomic mass is 10.1. The monoisotopic (exact) mass is 245 g/mol. The number of hydrogen-bond acceptors (Lipinski definition) is 2. The minimum absolute atomic E-state index is 0.340. The van der Waals surface area contributed by atoms with Gasteiger partial charge in [-0.1, -0.05) is 40.0 Å². The Kier molecular flexibility index (Phi) is 7.52. The first-order valence-electron chi connectivity index (χ1n) is 6.65. The van der Waals surface area contributed by atoms with Gasteiger partial charge in [-0.3, -0.25) is 0 Å². The third-order valence-electron chi connectivity index (χ3n) is 3.62. The average molecular weight is 245 g/mol. The summed E-state index contributed by atoms with van der Waals surface area (Å²) >= 11 is 0. The third kappa shape index (κ3) is 6.66. The molecule has 16 heavy (non-hydrogen) atoms. The van der Waals surface area contributed by atoms with Crippen LogP contribution in [0.25, 0.3) is 0 Å². The highest BCUT2D eigenvalue weighted by Crippen LogP contribution is 2.36. The molecule has 0 spiro atoms. The van der Waals surface area contributed by atoms with E-state index in [0.29, 0.717) is 5.04 Å². The summed E-state index contributed by atoms with van der Waals surface area (Å²) in [5.74, 6) is 0. The molecule has 0 aliphatic rings. The zero-order valence-electron chi connectivity index (χ0n) is 11.9. The van der Waals surface area contributed by atoms with Crippen molar-refractivity contribution in [2.45, 2.75) is 71.0 Å². The van der Waals surface area contributed by atoms with E-state index in [1.54, 1.807) is 0 Å². The van der Waals surface area contributed by atoms with Gasteiger partial charge >= 0.3 is 0 Å². The van der Waals surface area contributed by atoms with E-state index >= 15 is 0 Å². The smallest absolute Gasteiger partial charge is 0.191 e. The van der Waals surface area contributed by atoms with Gasteiger partial charge in [0.05, 0.1) is 0 Å². The van der Waals surface area contributed by atoms with Crippen molar-refractivity contribution >= 4 is 8.32 Å². The SMILES string of the molecule is CC(C)(C)[Si](C)(C)OCCCCCCCN. The minimum Gasteiger partial charge on any atom is -0.417 e. The van der Waals surface area contributed by atoms with E-state index in [-0.39, 0.29) is 0 Å². The van der Waals surface area contributed by atoms with Gasteiger partial charge in [-0.05, 0) is 37.5 Å². The van der Waals surface area contributed by atoms with Gasteiger partial charge < -0.3 is 10.2 Å². The molecule has 0 aliphatic carbocycles. The van der Waals surface area contributed by atoms with Crippen LogP contribution in [0.5, 0.6) is 0 Å². The van der Waals surface area contributed by atoms with Crippen LogP contribution in [0, 0.1) is 0 Å². The fraction of sp³-hybridized carbons (Fsp3) is 1.00. The van der Waals surface area contributed by atoms with Crippen LogP contribution >= 0.6 is 0 Å². The number of rotatable bonds is 8. The lowest BCUT2D eigenvalue weighted by Crippen LogP contribution is -2.40. The van der Waals surface area contributed by atoms with E-state index in [4.69, 9.17) is 10.2 Å². The summed E-state index contributed by atoms with van der Waals surface area (Å²) in [6.45, 7) is 13.3. The first kappa shape index (κ1) is 16.1. The van der Waals surface area contributed by atoms with Crippen molar-refractivity contribution in [1.29, 1.82) is 0 Å². The Morgan fingerprint density at radius 3 is 1.94 bits per heavy atom. The minimum atomic E-state index is -1.50. The third-order valence-corrected chi connectivity index (χ3v) is 8.16. The fourth-order valence-electron chi connectivity index (χ4n) is 1.32. The van der Waals surface area contributed by atoms with E-state index in [2.05, 4.69) is 33.9 Å². The Balaban J connectivity index is 3.51. The molecule has 0 saturated carbocycles. The van der Waals surface area contributed by atoms with Gasteiger partial charge in [0.15, 0.2) is 8.32 Å². The molecule has 0 saturated heterocycles. The molecule has 0 aromatic rings. The van der Waals surface area contributed by atoms with Gasteiger partial charge in [-0.25, -0.2) is 0 Å². The standard InChI is InChI=1S/C13H31NOSi/c1-13(2,3)16(4,5)15-12-10-8-6-7-9-11-14/h6-12,14H2,1-5H3. The molecule has 0 amide bonds. The van der Waals surface area contributed by atoms with Crippen molar-refractivity contribution in [3.05, 3.63) is 0 Å². The van der Waals surface area contributed by atoms with Gasteiger partial charge in [-0.15, -0.1) is 0 Å². The van der Waals surface area contributed by atoms with Crippen molar-refractivity contribution in [2.75, 3.05) is 13.2 Å². The van der Waals surface area contributed by atoms with Gasteiger partial charge in [0.2, 0.25) is 0 Å². The molecule has 98 valence electrons. The topological polar surface area (TPSA) is 35.2 Å². The van der Waals surface area contributed by atoms with Gasteiger partial charge in [-0.2, -0.15) is 0 Å². The van der Waals surface area contributed by atoms with Crippen molar-refractivity contribution in [2.24, 2.45) is 5.73 Å². The molecule has 0 rings (SSSR count). The maximum absolute atomic E-state index is 6.11. The number of unbranched alkanes of at least 4 members (excludes halogenated alkanes) is 4. The summed E-state index contributed by atoms with van der Waals surface area (Å²) in [5.41, 5.74) is 5.46. The molecule has 0 bridgehead atoms. The molecule has 3 heteroatoms. The van der Waals surface area contributed by atoms with Gasteiger partial charge in [0.25, 0.3) is 0 Å². The van der Waals surface area contributed by atoms with Crippen molar-refractivity contribution < 1.29 is 4.43 Å². The first-order chi connectivity index (χ1) is 7.31. The first-order valence-corrected chi connectivity index (χ1v) is 9.56. The summed E-state index contributed by atoms with van der Waals surface area (Å²) in [6, 6.07) is 0. The normalized spacial score (nSPS) is 13.1. The summed E-state index contributed by atoms with van der Waals surface area (Å²) < 4.78 is 6.11. The second-order valence-electron chi connectivity index (χ2n) is 6.17. The average Bonchev–Trinajstić information content (AvgIpc) is 2.14. The van der Waals surface area contributed by atoms with Crippen LogP contribution in [0.15, 0.2) is 0 Å². The highest BCUT2D eigenvalue weighted by Gasteiger charge is 2.36. The predicted octanol–water partition coefficient (Wildman–Crippen LogP) is 3.92.